The molecule has 3 aliphatic rings. The predicted molar refractivity (Wildman–Crippen MR) is 166 cm³/mol. The van der Waals surface area contributed by atoms with Crippen LogP contribution in [0.5, 0.6) is 0 Å². The molecule has 0 aliphatic carbocycles. The number of benzene rings is 1. The highest BCUT2D eigenvalue weighted by Gasteiger charge is 2.42. The number of carbonyl (C=O) groups is 1. The number of nitrogens with zero attached hydrogens (tertiary/aromatic N) is 5. The summed E-state index contributed by atoms with van der Waals surface area (Å²) in [7, 11) is -3.20. The van der Waals surface area contributed by atoms with Crippen LogP contribution in [0.2, 0.25) is 0 Å². The first-order valence-electron chi connectivity index (χ1n) is 13.8. The van der Waals surface area contributed by atoms with Crippen LogP contribution in [0.3, 0.4) is 0 Å². The summed E-state index contributed by atoms with van der Waals surface area (Å²) in [5, 5.41) is 9.92. The largest absolute Gasteiger partial charge is 0.355 e. The second-order valence-electron chi connectivity index (χ2n) is 10.7. The highest BCUT2D eigenvalue weighted by atomic mass is 32.2. The molecule has 0 saturated carbocycles. The summed E-state index contributed by atoms with van der Waals surface area (Å²) in [6.45, 7) is 7.98. The van der Waals surface area contributed by atoms with Crippen LogP contribution >= 0.6 is 24.0 Å². The third kappa shape index (κ3) is 6.00. The highest BCUT2D eigenvalue weighted by molar-refractivity contribution is 8.26. The van der Waals surface area contributed by atoms with Crippen LogP contribution in [0.4, 0.5) is 5.82 Å². The average molecular weight is 612 g/mol. The summed E-state index contributed by atoms with van der Waals surface area (Å²) < 4.78 is 26.2. The fourth-order valence-corrected chi connectivity index (χ4v) is 8.86. The van der Waals surface area contributed by atoms with Gasteiger partial charge in [0.1, 0.15) is 21.8 Å². The van der Waals surface area contributed by atoms with Gasteiger partial charge in [-0.15, -0.1) is 0 Å². The van der Waals surface area contributed by atoms with Gasteiger partial charge in [-0.3, -0.25) is 24.0 Å². The fourth-order valence-electron chi connectivity index (χ4n) is 5.78. The van der Waals surface area contributed by atoms with Crippen LogP contribution in [0.1, 0.15) is 42.0 Å². The van der Waals surface area contributed by atoms with Crippen molar-refractivity contribution in [1.29, 1.82) is 5.26 Å². The average Bonchev–Trinajstić information content (AvgIpc) is 3.44. The van der Waals surface area contributed by atoms with Crippen LogP contribution in [0.25, 0.3) is 6.08 Å². The van der Waals surface area contributed by atoms with Crippen molar-refractivity contribution >= 4 is 55.9 Å². The minimum Gasteiger partial charge on any atom is -0.355 e. The van der Waals surface area contributed by atoms with E-state index in [1.165, 1.54) is 10.5 Å². The van der Waals surface area contributed by atoms with E-state index in [0.29, 0.717) is 58.6 Å². The Labute approximate surface area is 250 Å². The van der Waals surface area contributed by atoms with Crippen LogP contribution in [0.15, 0.2) is 40.0 Å². The third-order valence-corrected chi connectivity index (χ3v) is 11.0. The van der Waals surface area contributed by atoms with Crippen molar-refractivity contribution in [1.82, 2.24) is 14.4 Å². The molecule has 0 radical (unpaired) electrons. The summed E-state index contributed by atoms with van der Waals surface area (Å²) in [6.07, 6.45) is 2.81. The van der Waals surface area contributed by atoms with Gasteiger partial charge >= 0.3 is 0 Å². The van der Waals surface area contributed by atoms with Crippen molar-refractivity contribution in [2.75, 3.05) is 42.6 Å². The quantitative estimate of drug-likeness (QED) is 0.345. The van der Waals surface area contributed by atoms with E-state index in [1.807, 2.05) is 25.1 Å². The van der Waals surface area contributed by atoms with Gasteiger partial charge in [0.05, 0.1) is 22.5 Å². The number of piperazine rings is 1. The topological polar surface area (TPSA) is 107 Å². The molecule has 41 heavy (non-hydrogen) atoms. The monoisotopic (exact) mass is 611 g/mol. The minimum absolute atomic E-state index is 0.0425. The van der Waals surface area contributed by atoms with E-state index >= 15 is 0 Å². The number of rotatable bonds is 7. The van der Waals surface area contributed by atoms with E-state index in [2.05, 4.69) is 28.0 Å². The first-order valence-corrected chi connectivity index (χ1v) is 16.8. The zero-order valence-corrected chi connectivity index (χ0v) is 25.7. The molecule has 0 bridgehead atoms. The molecule has 1 amide bonds. The number of sulfone groups is 1. The predicted octanol–water partition coefficient (Wildman–Crippen LogP) is 3.15. The molecule has 9 nitrogen and oxygen atoms in total. The molecular formula is C29H33N5O4S3. The maximum absolute atomic E-state index is 13.6. The lowest BCUT2D eigenvalue weighted by molar-refractivity contribution is -0.123. The van der Waals surface area contributed by atoms with Gasteiger partial charge in [-0.1, -0.05) is 61.2 Å². The SMILES string of the molecule is CCCn1c(N2CCN(Cc3ccccc3)CC2)c(C=C2SC(=S)N(C3CCS(=O)(=O)C3)C2=O)c(C)c(C#N)c1=O. The standard InChI is InChI=1S/C29H33N5O4S3/c1-3-10-33-26(32-13-11-31(12-14-32)18-21-7-5-4-6-8-21)23(20(2)24(17-30)27(33)35)16-25-28(36)34(29(39)40-25)22-9-15-41(37,38)19-22/h4-8,16,22H,3,9-15,18-19H2,1-2H3. The Kier molecular flexibility index (Phi) is 8.70. The van der Waals surface area contributed by atoms with Crippen LogP contribution in [-0.4, -0.2) is 76.7 Å². The molecule has 0 N–H and O–H groups in total. The van der Waals surface area contributed by atoms with Gasteiger partial charge in [-0.25, -0.2) is 8.42 Å². The Bertz CT molecular complexity index is 1600. The number of hydrogen-bond acceptors (Lipinski definition) is 9. The Balaban J connectivity index is 1.51. The first kappa shape index (κ1) is 29.5. The van der Waals surface area contributed by atoms with Gasteiger partial charge in [-0.05, 0) is 37.0 Å². The number of hydrogen-bond donors (Lipinski definition) is 0. The zero-order valence-electron chi connectivity index (χ0n) is 23.2. The van der Waals surface area contributed by atoms with Crippen molar-refractivity contribution < 1.29 is 13.2 Å². The number of thioether (sulfide) groups is 1. The second kappa shape index (κ2) is 12.1. The molecule has 5 rings (SSSR count). The fraction of sp³-hybridized carbons (Fsp3) is 0.448. The lowest BCUT2D eigenvalue weighted by Crippen LogP contribution is -2.48. The number of aromatic nitrogens is 1. The zero-order chi connectivity index (χ0) is 29.3. The molecule has 1 atom stereocenters. The van der Waals surface area contributed by atoms with Crippen molar-refractivity contribution in [3.63, 3.8) is 0 Å². The second-order valence-corrected chi connectivity index (χ2v) is 14.6. The van der Waals surface area contributed by atoms with Crippen LogP contribution in [0, 0.1) is 18.3 Å². The Hall–Kier alpha value is -2.98. The van der Waals surface area contributed by atoms with Crippen molar-refractivity contribution in [3.8, 4) is 6.07 Å². The lowest BCUT2D eigenvalue weighted by Gasteiger charge is -2.38. The highest BCUT2D eigenvalue weighted by Crippen LogP contribution is 2.38. The minimum atomic E-state index is -3.20. The van der Waals surface area contributed by atoms with E-state index in [9.17, 15) is 23.3 Å². The smallest absolute Gasteiger partial charge is 0.270 e. The first-order chi connectivity index (χ1) is 19.6. The molecule has 1 aromatic carbocycles. The maximum atomic E-state index is 13.6. The summed E-state index contributed by atoms with van der Waals surface area (Å²) in [5.41, 5.74) is 2.17. The van der Waals surface area contributed by atoms with Crippen LogP contribution in [-0.2, 0) is 27.7 Å². The summed E-state index contributed by atoms with van der Waals surface area (Å²) in [5.74, 6) is 0.332. The van der Waals surface area contributed by atoms with Gasteiger partial charge in [0, 0.05) is 44.8 Å². The van der Waals surface area contributed by atoms with E-state index < -0.39 is 15.9 Å². The summed E-state index contributed by atoms with van der Waals surface area (Å²) in [6, 6.07) is 11.9. The number of carbonyl (C=O) groups excluding carboxylic acids is 1. The summed E-state index contributed by atoms with van der Waals surface area (Å²) >= 11 is 6.67. The molecule has 0 spiro atoms. The molecule has 12 heteroatoms. The van der Waals surface area contributed by atoms with Gasteiger partial charge in [0.25, 0.3) is 11.5 Å². The molecule has 1 unspecified atom stereocenters. The number of nitriles is 1. The number of anilines is 1. The van der Waals surface area contributed by atoms with Gasteiger partial charge in [-0.2, -0.15) is 5.26 Å². The Morgan fingerprint density at radius 2 is 1.85 bits per heavy atom. The molecule has 2 aromatic rings. The number of amides is 1. The lowest BCUT2D eigenvalue weighted by atomic mass is 10.0. The molecule has 3 saturated heterocycles. The van der Waals surface area contributed by atoms with Crippen molar-refractivity contribution in [3.05, 3.63) is 67.8 Å². The van der Waals surface area contributed by atoms with E-state index in [1.54, 1.807) is 17.6 Å². The summed E-state index contributed by atoms with van der Waals surface area (Å²) in [4.78, 5) is 33.4. The maximum Gasteiger partial charge on any atom is 0.270 e. The van der Waals surface area contributed by atoms with Gasteiger partial charge < -0.3 is 4.90 Å². The number of thiocarbonyl (C=S) groups is 1. The molecule has 4 heterocycles. The van der Waals surface area contributed by atoms with Crippen molar-refractivity contribution in [2.45, 2.75) is 45.8 Å². The van der Waals surface area contributed by atoms with E-state index in [4.69, 9.17) is 12.2 Å². The van der Waals surface area contributed by atoms with Gasteiger partial charge in [0.15, 0.2) is 9.84 Å². The molecule has 216 valence electrons. The molecular weight excluding hydrogens is 579 g/mol. The number of pyridine rings is 1. The van der Waals surface area contributed by atoms with Crippen molar-refractivity contribution in [2.24, 2.45) is 0 Å². The third-order valence-electron chi connectivity index (χ3n) is 7.89. The molecule has 1 aromatic heterocycles. The van der Waals surface area contributed by atoms with Gasteiger partial charge in [0.2, 0.25) is 0 Å². The normalized spacial score (nSPS) is 22.1. The Morgan fingerprint density at radius 3 is 2.46 bits per heavy atom. The molecule has 3 aliphatic heterocycles. The van der Waals surface area contributed by atoms with E-state index in [0.717, 1.165) is 31.4 Å². The molecule has 3 fully saturated rings. The Morgan fingerprint density at radius 1 is 1.15 bits per heavy atom. The van der Waals surface area contributed by atoms with Crippen LogP contribution < -0.4 is 10.5 Å². The van der Waals surface area contributed by atoms with E-state index in [-0.39, 0.29) is 28.5 Å².